The lowest BCUT2D eigenvalue weighted by Gasteiger charge is -2.08. The maximum absolute atomic E-state index is 12.0. The molecule has 2 aromatic rings. The molecule has 6 heteroatoms. The molecule has 0 amide bonds. The second-order valence-corrected chi connectivity index (χ2v) is 4.37. The van der Waals surface area contributed by atoms with Crippen molar-refractivity contribution in [1.29, 1.82) is 0 Å². The number of methoxy groups -OCH3 is 1. The highest BCUT2D eigenvalue weighted by Gasteiger charge is 2.08. The number of aryl methyl sites for hydroxylation is 1. The second kappa shape index (κ2) is 6.93. The number of ether oxygens (including phenoxy) is 1. The van der Waals surface area contributed by atoms with Crippen molar-refractivity contribution in [2.24, 2.45) is 7.05 Å². The first kappa shape index (κ1) is 14.4. The molecule has 0 aliphatic heterocycles. The van der Waals surface area contributed by atoms with Crippen molar-refractivity contribution in [2.75, 3.05) is 20.3 Å². The molecular formula is C14H18N4O2. The van der Waals surface area contributed by atoms with Crippen LogP contribution in [0, 0.1) is 0 Å². The third kappa shape index (κ3) is 3.49. The average Bonchev–Trinajstić information content (AvgIpc) is 2.48. The average molecular weight is 274 g/mol. The van der Waals surface area contributed by atoms with Crippen molar-refractivity contribution < 1.29 is 4.74 Å². The van der Waals surface area contributed by atoms with Gasteiger partial charge in [0.05, 0.1) is 12.3 Å². The van der Waals surface area contributed by atoms with Gasteiger partial charge < -0.3 is 10.1 Å². The Bertz CT molecular complexity index is 610. The van der Waals surface area contributed by atoms with Gasteiger partial charge in [0.2, 0.25) is 0 Å². The molecule has 2 aromatic heterocycles. The summed E-state index contributed by atoms with van der Waals surface area (Å²) >= 11 is 0. The van der Waals surface area contributed by atoms with Crippen molar-refractivity contribution in [3.63, 3.8) is 0 Å². The maximum atomic E-state index is 12.0. The zero-order valence-corrected chi connectivity index (χ0v) is 11.7. The normalized spacial score (nSPS) is 10.7. The lowest BCUT2D eigenvalue weighted by atomic mass is 10.2. The predicted molar refractivity (Wildman–Crippen MR) is 76.3 cm³/mol. The van der Waals surface area contributed by atoms with Gasteiger partial charge in [-0.25, -0.2) is 4.68 Å². The van der Waals surface area contributed by atoms with Crippen LogP contribution < -0.4 is 10.9 Å². The van der Waals surface area contributed by atoms with E-state index >= 15 is 0 Å². The second-order valence-electron chi connectivity index (χ2n) is 4.37. The number of rotatable bonds is 6. The number of pyridine rings is 1. The van der Waals surface area contributed by atoms with Gasteiger partial charge in [-0.15, -0.1) is 0 Å². The molecule has 0 bridgehead atoms. The van der Waals surface area contributed by atoms with Crippen LogP contribution >= 0.6 is 0 Å². The molecular weight excluding hydrogens is 256 g/mol. The van der Waals surface area contributed by atoms with Gasteiger partial charge >= 0.3 is 0 Å². The van der Waals surface area contributed by atoms with E-state index in [1.54, 1.807) is 26.4 Å². The summed E-state index contributed by atoms with van der Waals surface area (Å²) in [6.45, 7) is 1.79. The van der Waals surface area contributed by atoms with Crippen LogP contribution in [0.25, 0.3) is 11.4 Å². The Morgan fingerprint density at radius 2 is 2.20 bits per heavy atom. The Morgan fingerprint density at radius 3 is 2.90 bits per heavy atom. The highest BCUT2D eigenvalue weighted by atomic mass is 16.5. The summed E-state index contributed by atoms with van der Waals surface area (Å²) in [4.78, 5) is 16.3. The summed E-state index contributed by atoms with van der Waals surface area (Å²) in [6.07, 6.45) is 1.71. The molecule has 0 spiro atoms. The van der Waals surface area contributed by atoms with Gasteiger partial charge in [-0.3, -0.25) is 9.78 Å². The van der Waals surface area contributed by atoms with Crippen molar-refractivity contribution >= 4 is 0 Å². The highest BCUT2D eigenvalue weighted by Crippen LogP contribution is 2.12. The molecule has 0 aliphatic carbocycles. The minimum atomic E-state index is -0.102. The largest absolute Gasteiger partial charge is 0.383 e. The summed E-state index contributed by atoms with van der Waals surface area (Å²) in [6, 6.07) is 7.39. The van der Waals surface area contributed by atoms with Crippen LogP contribution in [0.4, 0.5) is 0 Å². The fraction of sp³-hybridized carbons (Fsp3) is 0.357. The van der Waals surface area contributed by atoms with Gasteiger partial charge in [-0.2, -0.15) is 5.10 Å². The fourth-order valence-corrected chi connectivity index (χ4v) is 1.83. The monoisotopic (exact) mass is 274 g/mol. The summed E-state index contributed by atoms with van der Waals surface area (Å²) in [5.74, 6) is 0. The van der Waals surface area contributed by atoms with E-state index in [1.165, 1.54) is 4.68 Å². The van der Waals surface area contributed by atoms with E-state index in [-0.39, 0.29) is 5.56 Å². The van der Waals surface area contributed by atoms with Crippen molar-refractivity contribution in [1.82, 2.24) is 20.1 Å². The highest BCUT2D eigenvalue weighted by molar-refractivity contribution is 5.53. The molecule has 1 N–H and O–H groups in total. The Kier molecular flexibility index (Phi) is 4.97. The minimum absolute atomic E-state index is 0.102. The SMILES string of the molecule is COCCNCc1cc(-c2ccccn2)nn(C)c1=O. The first-order valence-corrected chi connectivity index (χ1v) is 6.40. The van der Waals surface area contributed by atoms with E-state index in [4.69, 9.17) is 4.74 Å². The van der Waals surface area contributed by atoms with Crippen molar-refractivity contribution in [2.45, 2.75) is 6.54 Å². The van der Waals surface area contributed by atoms with Crippen LogP contribution in [0.15, 0.2) is 35.3 Å². The van der Waals surface area contributed by atoms with Gasteiger partial charge in [-0.05, 0) is 18.2 Å². The van der Waals surface area contributed by atoms with E-state index in [0.717, 1.165) is 5.69 Å². The predicted octanol–water partition coefficient (Wildman–Crippen LogP) is 0.578. The summed E-state index contributed by atoms with van der Waals surface area (Å²) in [5.41, 5.74) is 2.01. The third-order valence-electron chi connectivity index (χ3n) is 2.86. The van der Waals surface area contributed by atoms with E-state index < -0.39 is 0 Å². The van der Waals surface area contributed by atoms with E-state index in [0.29, 0.717) is 31.0 Å². The van der Waals surface area contributed by atoms with Crippen LogP contribution in [0.1, 0.15) is 5.56 Å². The first-order chi connectivity index (χ1) is 9.72. The number of hydrogen-bond donors (Lipinski definition) is 1. The Hall–Kier alpha value is -2.05. The number of nitrogens with zero attached hydrogens (tertiary/aromatic N) is 3. The summed E-state index contributed by atoms with van der Waals surface area (Å²) in [5, 5.41) is 7.40. The lowest BCUT2D eigenvalue weighted by Crippen LogP contribution is -2.28. The summed E-state index contributed by atoms with van der Waals surface area (Å²) < 4.78 is 6.30. The van der Waals surface area contributed by atoms with Gasteiger partial charge in [0.1, 0.15) is 5.69 Å². The lowest BCUT2D eigenvalue weighted by molar-refractivity contribution is 0.199. The molecule has 0 fully saturated rings. The minimum Gasteiger partial charge on any atom is -0.383 e. The molecule has 2 rings (SSSR count). The van der Waals surface area contributed by atoms with E-state index in [9.17, 15) is 4.79 Å². The third-order valence-corrected chi connectivity index (χ3v) is 2.86. The van der Waals surface area contributed by atoms with Gasteiger partial charge in [-0.1, -0.05) is 6.07 Å². The smallest absolute Gasteiger partial charge is 0.271 e. The van der Waals surface area contributed by atoms with Crippen LogP contribution in [0.2, 0.25) is 0 Å². The zero-order valence-electron chi connectivity index (χ0n) is 11.7. The molecule has 6 nitrogen and oxygen atoms in total. The van der Waals surface area contributed by atoms with Crippen LogP contribution in [0.3, 0.4) is 0 Å². The van der Waals surface area contributed by atoms with E-state index in [1.807, 2.05) is 18.2 Å². The molecule has 0 aliphatic rings. The van der Waals surface area contributed by atoms with Crippen molar-refractivity contribution in [3.05, 3.63) is 46.4 Å². The number of nitrogens with one attached hydrogen (secondary N) is 1. The van der Waals surface area contributed by atoms with Gasteiger partial charge in [0.25, 0.3) is 5.56 Å². The molecule has 2 heterocycles. The van der Waals surface area contributed by atoms with Gasteiger partial charge in [0, 0.05) is 39.0 Å². The molecule has 0 aromatic carbocycles. The Morgan fingerprint density at radius 1 is 1.35 bits per heavy atom. The molecule has 0 atom stereocenters. The standard InChI is InChI=1S/C14H18N4O2/c1-18-14(19)11(10-15-7-8-20-2)9-13(17-18)12-5-3-4-6-16-12/h3-6,9,15H,7-8,10H2,1-2H3. The molecule has 0 saturated carbocycles. The van der Waals surface area contributed by atoms with Crippen molar-refractivity contribution in [3.8, 4) is 11.4 Å². The molecule has 106 valence electrons. The van der Waals surface area contributed by atoms with E-state index in [2.05, 4.69) is 15.4 Å². The van der Waals surface area contributed by atoms with Crippen LogP contribution in [0.5, 0.6) is 0 Å². The molecule has 0 radical (unpaired) electrons. The van der Waals surface area contributed by atoms with Crippen LogP contribution in [-0.2, 0) is 18.3 Å². The molecule has 0 unspecified atom stereocenters. The number of hydrogen-bond acceptors (Lipinski definition) is 5. The topological polar surface area (TPSA) is 69.0 Å². The first-order valence-electron chi connectivity index (χ1n) is 6.40. The maximum Gasteiger partial charge on any atom is 0.271 e. The fourth-order valence-electron chi connectivity index (χ4n) is 1.83. The number of aromatic nitrogens is 3. The molecule has 20 heavy (non-hydrogen) atoms. The Labute approximate surface area is 117 Å². The quantitative estimate of drug-likeness (QED) is 0.780. The van der Waals surface area contributed by atoms with Crippen LogP contribution in [-0.4, -0.2) is 35.0 Å². The Balaban J connectivity index is 2.24. The molecule has 0 saturated heterocycles. The summed E-state index contributed by atoms with van der Waals surface area (Å²) in [7, 11) is 3.29. The zero-order chi connectivity index (χ0) is 14.4. The van der Waals surface area contributed by atoms with Gasteiger partial charge in [0.15, 0.2) is 0 Å².